The third-order valence-corrected chi connectivity index (χ3v) is 7.08. The number of hydrogen-bond donors (Lipinski definition) is 0. The summed E-state index contributed by atoms with van der Waals surface area (Å²) in [6, 6.07) is 5.89. The van der Waals surface area contributed by atoms with E-state index < -0.39 is 0 Å². The summed E-state index contributed by atoms with van der Waals surface area (Å²) in [5, 5.41) is 1.17. The molecule has 3 aromatic rings. The van der Waals surface area contributed by atoms with E-state index in [1.165, 1.54) is 23.1 Å². The summed E-state index contributed by atoms with van der Waals surface area (Å²) in [5.41, 5.74) is 3.80. The number of hydrogen-bond acceptors (Lipinski definition) is 6. The third kappa shape index (κ3) is 4.41. The number of benzene rings is 1. The highest BCUT2D eigenvalue weighted by Gasteiger charge is 2.20. The first kappa shape index (κ1) is 21.6. The summed E-state index contributed by atoms with van der Waals surface area (Å²) in [6.45, 7) is 10.5. The molecular weight excluding hydrogens is 404 g/mol. The molecule has 1 aromatic carbocycles. The Morgan fingerprint density at radius 2 is 1.97 bits per heavy atom. The Morgan fingerprint density at radius 3 is 2.69 bits per heavy atom. The van der Waals surface area contributed by atoms with Crippen LogP contribution in [0.15, 0.2) is 28.2 Å². The Morgan fingerprint density at radius 1 is 1.21 bits per heavy atom. The van der Waals surface area contributed by atoms with Crippen molar-refractivity contribution >= 4 is 39.3 Å². The molecule has 5 nitrogen and oxygen atoms in total. The molecule has 0 N–H and O–H groups in total. The van der Waals surface area contributed by atoms with Crippen LogP contribution in [0, 0.1) is 27.7 Å². The lowest BCUT2D eigenvalue weighted by Crippen LogP contribution is -2.23. The van der Waals surface area contributed by atoms with Crippen LogP contribution in [0.1, 0.15) is 41.3 Å². The summed E-state index contributed by atoms with van der Waals surface area (Å²) >= 11 is 2.77. The van der Waals surface area contributed by atoms with Crippen LogP contribution in [0.5, 0.6) is 0 Å². The fraction of sp³-hybridized carbons (Fsp3) is 0.409. The lowest BCUT2D eigenvalue weighted by atomic mass is 10.1. The maximum atomic E-state index is 13.5. The van der Waals surface area contributed by atoms with Crippen LogP contribution in [0.3, 0.4) is 0 Å². The van der Waals surface area contributed by atoms with Crippen LogP contribution in [-0.4, -0.2) is 27.9 Å². The number of carbonyl (C=O) groups is 1. The highest BCUT2D eigenvalue weighted by atomic mass is 32.2. The van der Waals surface area contributed by atoms with Gasteiger partial charge in [-0.25, -0.2) is 4.98 Å². The molecule has 0 aliphatic heterocycles. The summed E-state index contributed by atoms with van der Waals surface area (Å²) in [4.78, 5) is 32.2. The minimum absolute atomic E-state index is 0.0904. The normalized spacial score (nSPS) is 11.2. The summed E-state index contributed by atoms with van der Waals surface area (Å²) in [6.07, 6.45) is 1.82. The highest BCUT2D eigenvalue weighted by molar-refractivity contribution is 7.99. The standard InChI is InChI=1S/C22H26N2O3S2/c1-6-7-11-27-18(25)12-28-22-23-20-19(15(4)16(5)29-20)21(26)24(22)17-10-8-9-13(2)14(17)3/h8-10H,6-7,11-12H2,1-5H3. The molecule has 0 spiro atoms. The molecule has 2 aromatic heterocycles. The fourth-order valence-corrected chi connectivity index (χ4v) is 4.93. The molecular formula is C22H26N2O3S2. The van der Waals surface area contributed by atoms with E-state index in [0.717, 1.165) is 40.1 Å². The van der Waals surface area contributed by atoms with E-state index in [4.69, 9.17) is 9.72 Å². The van der Waals surface area contributed by atoms with Crippen molar-refractivity contribution in [3.8, 4) is 5.69 Å². The van der Waals surface area contributed by atoms with E-state index in [1.54, 1.807) is 4.57 Å². The number of aromatic nitrogens is 2. The van der Waals surface area contributed by atoms with E-state index in [9.17, 15) is 9.59 Å². The lowest BCUT2D eigenvalue weighted by molar-refractivity contribution is -0.140. The maximum Gasteiger partial charge on any atom is 0.316 e. The zero-order valence-electron chi connectivity index (χ0n) is 17.5. The number of fused-ring (bicyclic) bond motifs is 1. The Bertz CT molecular complexity index is 1120. The Balaban J connectivity index is 2.09. The molecule has 0 aliphatic carbocycles. The number of aryl methyl sites for hydroxylation is 3. The number of thiophene rings is 1. The molecule has 0 atom stereocenters. The molecule has 0 amide bonds. The van der Waals surface area contributed by atoms with Crippen molar-refractivity contribution in [2.24, 2.45) is 0 Å². The molecule has 0 bridgehead atoms. The van der Waals surface area contributed by atoms with Crippen molar-refractivity contribution in [1.82, 2.24) is 9.55 Å². The van der Waals surface area contributed by atoms with Crippen molar-refractivity contribution in [2.75, 3.05) is 12.4 Å². The van der Waals surface area contributed by atoms with Gasteiger partial charge in [0.1, 0.15) is 4.83 Å². The lowest BCUT2D eigenvalue weighted by Gasteiger charge is -2.15. The van der Waals surface area contributed by atoms with E-state index in [2.05, 4.69) is 6.92 Å². The number of thioether (sulfide) groups is 1. The molecule has 0 saturated carbocycles. The van der Waals surface area contributed by atoms with Crippen molar-refractivity contribution in [3.63, 3.8) is 0 Å². The van der Waals surface area contributed by atoms with Crippen molar-refractivity contribution < 1.29 is 9.53 Å². The first-order valence-electron chi connectivity index (χ1n) is 9.72. The first-order chi connectivity index (χ1) is 13.8. The van der Waals surface area contributed by atoms with Gasteiger partial charge in [-0.3, -0.25) is 14.2 Å². The van der Waals surface area contributed by atoms with Gasteiger partial charge in [-0.1, -0.05) is 37.2 Å². The predicted molar refractivity (Wildman–Crippen MR) is 121 cm³/mol. The van der Waals surface area contributed by atoms with Crippen LogP contribution in [0.4, 0.5) is 0 Å². The molecule has 154 valence electrons. The van der Waals surface area contributed by atoms with E-state index in [-0.39, 0.29) is 17.3 Å². The maximum absolute atomic E-state index is 13.5. The molecule has 2 heterocycles. The van der Waals surface area contributed by atoms with Gasteiger partial charge < -0.3 is 4.74 Å². The van der Waals surface area contributed by atoms with Gasteiger partial charge in [-0.05, 0) is 56.9 Å². The number of esters is 1. The minimum atomic E-state index is -0.288. The van der Waals surface area contributed by atoms with E-state index in [0.29, 0.717) is 22.0 Å². The van der Waals surface area contributed by atoms with E-state index >= 15 is 0 Å². The Labute approximate surface area is 179 Å². The van der Waals surface area contributed by atoms with Gasteiger partial charge in [0.05, 0.1) is 23.4 Å². The van der Waals surface area contributed by atoms with Crippen molar-refractivity contribution in [2.45, 2.75) is 52.6 Å². The van der Waals surface area contributed by atoms with Crippen LogP contribution >= 0.6 is 23.1 Å². The number of unbranched alkanes of at least 4 members (excludes halogenated alkanes) is 1. The average molecular weight is 431 g/mol. The molecule has 0 fully saturated rings. The quantitative estimate of drug-likeness (QED) is 0.225. The average Bonchev–Trinajstić information content (AvgIpc) is 2.97. The second-order valence-corrected chi connectivity index (χ2v) is 9.23. The van der Waals surface area contributed by atoms with Gasteiger partial charge >= 0.3 is 5.97 Å². The van der Waals surface area contributed by atoms with Gasteiger partial charge in [0.25, 0.3) is 5.56 Å². The molecule has 0 radical (unpaired) electrons. The summed E-state index contributed by atoms with van der Waals surface area (Å²) in [7, 11) is 0. The molecule has 0 saturated heterocycles. The molecule has 29 heavy (non-hydrogen) atoms. The monoisotopic (exact) mass is 430 g/mol. The van der Waals surface area contributed by atoms with Crippen LogP contribution in [0.25, 0.3) is 15.9 Å². The SMILES string of the molecule is CCCCOC(=O)CSc1nc2sc(C)c(C)c2c(=O)n1-c1cccc(C)c1C. The molecule has 0 aliphatic rings. The Kier molecular flexibility index (Phi) is 6.80. The number of ether oxygens (including phenoxy) is 1. The first-order valence-corrected chi connectivity index (χ1v) is 11.5. The molecule has 0 unspecified atom stereocenters. The van der Waals surface area contributed by atoms with Gasteiger partial charge in [-0.15, -0.1) is 11.3 Å². The van der Waals surface area contributed by atoms with Crippen molar-refractivity contribution in [3.05, 3.63) is 50.1 Å². The minimum Gasteiger partial charge on any atom is -0.465 e. The third-order valence-electron chi connectivity index (χ3n) is 5.07. The molecule has 3 rings (SSSR count). The molecule has 7 heteroatoms. The Hall–Kier alpha value is -2.12. The zero-order chi connectivity index (χ0) is 21.1. The van der Waals surface area contributed by atoms with Gasteiger partial charge in [0.15, 0.2) is 5.16 Å². The van der Waals surface area contributed by atoms with Crippen molar-refractivity contribution in [1.29, 1.82) is 0 Å². The van der Waals surface area contributed by atoms with Crippen LogP contribution in [0.2, 0.25) is 0 Å². The van der Waals surface area contributed by atoms with Gasteiger partial charge in [0, 0.05) is 4.88 Å². The second-order valence-electron chi connectivity index (χ2n) is 7.08. The fourth-order valence-electron chi connectivity index (χ4n) is 3.06. The largest absolute Gasteiger partial charge is 0.465 e. The number of nitrogens with zero attached hydrogens (tertiary/aromatic N) is 2. The predicted octanol–water partition coefficient (Wildman–Crippen LogP) is 5.12. The van der Waals surface area contributed by atoms with Crippen LogP contribution < -0.4 is 5.56 Å². The van der Waals surface area contributed by atoms with Gasteiger partial charge in [-0.2, -0.15) is 0 Å². The number of carbonyl (C=O) groups excluding carboxylic acids is 1. The van der Waals surface area contributed by atoms with Gasteiger partial charge in [0.2, 0.25) is 0 Å². The second kappa shape index (κ2) is 9.13. The smallest absolute Gasteiger partial charge is 0.316 e. The topological polar surface area (TPSA) is 61.2 Å². The van der Waals surface area contributed by atoms with E-state index in [1.807, 2.05) is 45.9 Å². The summed E-state index contributed by atoms with van der Waals surface area (Å²) < 4.78 is 6.91. The highest BCUT2D eigenvalue weighted by Crippen LogP contribution is 2.30. The summed E-state index contributed by atoms with van der Waals surface area (Å²) in [5.74, 6) is -0.167. The number of rotatable bonds is 7. The van der Waals surface area contributed by atoms with Crippen LogP contribution in [-0.2, 0) is 9.53 Å². The zero-order valence-corrected chi connectivity index (χ0v) is 19.1.